The second-order valence-corrected chi connectivity index (χ2v) is 10.5. The third kappa shape index (κ3) is 6.91. The van der Waals surface area contributed by atoms with E-state index in [1.165, 1.54) is 0 Å². The van der Waals surface area contributed by atoms with Gasteiger partial charge in [-0.25, -0.2) is 17.9 Å². The Balaban J connectivity index is 1.44. The fraction of sp³-hybridized carbons (Fsp3) is 0.350. The number of rotatable bonds is 8. The Bertz CT molecular complexity index is 1040. The van der Waals surface area contributed by atoms with Crippen molar-refractivity contribution in [3.8, 4) is 5.75 Å². The van der Waals surface area contributed by atoms with Crippen molar-refractivity contribution < 1.29 is 22.7 Å². The lowest BCUT2D eigenvalue weighted by Crippen LogP contribution is -2.36. The van der Waals surface area contributed by atoms with Crippen LogP contribution >= 0.6 is 31.9 Å². The van der Waals surface area contributed by atoms with Gasteiger partial charge in [0.05, 0.1) is 12.0 Å². The molecule has 1 fully saturated rings. The summed E-state index contributed by atoms with van der Waals surface area (Å²) in [4.78, 5) is 12.1. The molecule has 8 nitrogen and oxygen atoms in total. The fourth-order valence-electron chi connectivity index (χ4n) is 3.19. The van der Waals surface area contributed by atoms with E-state index in [2.05, 4.69) is 47.2 Å². The Morgan fingerprint density at radius 3 is 2.81 bits per heavy atom. The molecule has 168 valence electrons. The summed E-state index contributed by atoms with van der Waals surface area (Å²) in [5.41, 5.74) is 0.892. The topological polar surface area (TPSA) is 106 Å². The molecule has 31 heavy (non-hydrogen) atoms. The van der Waals surface area contributed by atoms with E-state index in [-0.39, 0.29) is 23.6 Å². The maximum absolute atomic E-state index is 12.7. The fourth-order valence-corrected chi connectivity index (χ4v) is 5.94. The number of alkyl carbamates (subject to hydrolysis) is 1. The summed E-state index contributed by atoms with van der Waals surface area (Å²) in [7, 11) is -2.11. The van der Waals surface area contributed by atoms with Crippen LogP contribution in [0.15, 0.2) is 56.3 Å². The first-order valence-electron chi connectivity index (χ1n) is 9.51. The zero-order valence-electron chi connectivity index (χ0n) is 16.7. The van der Waals surface area contributed by atoms with Gasteiger partial charge in [-0.1, -0.05) is 28.1 Å². The number of benzene rings is 2. The van der Waals surface area contributed by atoms with E-state index in [0.29, 0.717) is 34.2 Å². The van der Waals surface area contributed by atoms with E-state index in [0.717, 1.165) is 5.56 Å². The molecule has 0 aromatic heterocycles. The second kappa shape index (κ2) is 10.8. The summed E-state index contributed by atoms with van der Waals surface area (Å²) in [5.74, 6) is 0.714. The SMILES string of the molecule is COc1cccc(CNC(=O)OC[C@H]2C[C@@H](NS(=O)(=O)c3cc(Br)ccc3Br)CN2)c1. The molecule has 11 heteroatoms. The van der Waals surface area contributed by atoms with Crippen molar-refractivity contribution in [2.45, 2.75) is 29.9 Å². The van der Waals surface area contributed by atoms with Crippen LogP contribution in [0.2, 0.25) is 0 Å². The van der Waals surface area contributed by atoms with E-state index >= 15 is 0 Å². The maximum Gasteiger partial charge on any atom is 0.407 e. The highest BCUT2D eigenvalue weighted by molar-refractivity contribution is 9.11. The van der Waals surface area contributed by atoms with Crippen molar-refractivity contribution >= 4 is 48.0 Å². The smallest absolute Gasteiger partial charge is 0.407 e. The minimum absolute atomic E-state index is 0.138. The maximum atomic E-state index is 12.7. The van der Waals surface area contributed by atoms with Gasteiger partial charge in [0.15, 0.2) is 0 Å². The molecule has 1 aliphatic rings. The second-order valence-electron chi connectivity index (χ2n) is 7.04. The highest BCUT2D eigenvalue weighted by Gasteiger charge is 2.30. The molecule has 2 aromatic carbocycles. The summed E-state index contributed by atoms with van der Waals surface area (Å²) in [6.45, 7) is 0.908. The lowest BCUT2D eigenvalue weighted by atomic mass is 10.2. The number of sulfonamides is 1. The molecule has 0 radical (unpaired) electrons. The number of carbonyl (C=O) groups excluding carboxylic acids is 1. The average Bonchev–Trinajstić information content (AvgIpc) is 3.19. The first kappa shape index (κ1) is 24.0. The summed E-state index contributed by atoms with van der Waals surface area (Å²) in [6, 6.07) is 11.9. The monoisotopic (exact) mass is 575 g/mol. The average molecular weight is 577 g/mol. The molecule has 0 spiro atoms. The van der Waals surface area contributed by atoms with Gasteiger partial charge in [-0.15, -0.1) is 0 Å². The van der Waals surface area contributed by atoms with E-state index in [1.807, 2.05) is 24.3 Å². The van der Waals surface area contributed by atoms with Crippen LogP contribution in [-0.4, -0.2) is 46.9 Å². The number of halogens is 2. The van der Waals surface area contributed by atoms with Crippen LogP contribution in [0.4, 0.5) is 4.79 Å². The summed E-state index contributed by atoms with van der Waals surface area (Å²) >= 11 is 6.57. The Kier molecular flexibility index (Phi) is 8.34. The number of hydrogen-bond acceptors (Lipinski definition) is 6. The van der Waals surface area contributed by atoms with Crippen molar-refractivity contribution in [1.82, 2.24) is 15.4 Å². The summed E-state index contributed by atoms with van der Waals surface area (Å²) in [6.07, 6.45) is -0.0275. The zero-order valence-corrected chi connectivity index (χ0v) is 20.7. The van der Waals surface area contributed by atoms with Crippen LogP contribution in [0, 0.1) is 0 Å². The van der Waals surface area contributed by atoms with Gasteiger partial charge in [-0.3, -0.25) is 0 Å². The van der Waals surface area contributed by atoms with Crippen molar-refractivity contribution in [3.63, 3.8) is 0 Å². The first-order valence-corrected chi connectivity index (χ1v) is 12.6. The molecule has 3 N–H and O–H groups in total. The highest BCUT2D eigenvalue weighted by Crippen LogP contribution is 2.26. The minimum Gasteiger partial charge on any atom is -0.497 e. The van der Waals surface area contributed by atoms with E-state index in [9.17, 15) is 13.2 Å². The standard InChI is InChI=1S/C20H23Br2N3O5S/c1-29-17-4-2-3-13(7-17)10-24-20(26)30-12-16-9-15(11-23-16)25-31(27,28)19-8-14(21)5-6-18(19)22/h2-8,15-16,23,25H,9-12H2,1H3,(H,24,26)/t15-,16-/m1/s1. The first-order chi connectivity index (χ1) is 14.8. The summed E-state index contributed by atoms with van der Waals surface area (Å²) < 4.78 is 39.7. The quantitative estimate of drug-likeness (QED) is 0.446. The van der Waals surface area contributed by atoms with Crippen LogP contribution in [-0.2, 0) is 21.3 Å². The van der Waals surface area contributed by atoms with Crippen LogP contribution < -0.4 is 20.1 Å². The summed E-state index contributed by atoms with van der Waals surface area (Å²) in [5, 5.41) is 5.87. The van der Waals surface area contributed by atoms with Crippen LogP contribution in [0.1, 0.15) is 12.0 Å². The number of carbonyl (C=O) groups is 1. The van der Waals surface area contributed by atoms with Gasteiger partial charge < -0.3 is 20.1 Å². The lowest BCUT2D eigenvalue weighted by molar-refractivity contribution is 0.135. The Hall–Kier alpha value is -1.66. The number of nitrogens with one attached hydrogen (secondary N) is 3. The largest absolute Gasteiger partial charge is 0.497 e. The zero-order chi connectivity index (χ0) is 22.4. The van der Waals surface area contributed by atoms with Gasteiger partial charge in [0, 0.05) is 34.1 Å². The number of methoxy groups -OCH3 is 1. The van der Waals surface area contributed by atoms with Gasteiger partial charge in [-0.2, -0.15) is 0 Å². The van der Waals surface area contributed by atoms with Gasteiger partial charge in [0.1, 0.15) is 12.4 Å². The molecule has 2 atom stereocenters. The number of amides is 1. The molecule has 1 aliphatic heterocycles. The van der Waals surface area contributed by atoms with Crippen LogP contribution in [0.5, 0.6) is 5.75 Å². The molecule has 1 amide bonds. The molecule has 3 rings (SSSR count). The minimum atomic E-state index is -3.69. The molecule has 0 aliphatic carbocycles. The van der Waals surface area contributed by atoms with Gasteiger partial charge >= 0.3 is 6.09 Å². The molecule has 0 unspecified atom stereocenters. The Labute approximate surface area is 198 Å². The molecular formula is C20H23Br2N3O5S. The van der Waals surface area contributed by atoms with Crippen LogP contribution in [0.3, 0.4) is 0 Å². The third-order valence-corrected chi connectivity index (χ3v) is 7.72. The van der Waals surface area contributed by atoms with Gasteiger partial charge in [-0.05, 0) is 58.2 Å². The molecule has 0 bridgehead atoms. The van der Waals surface area contributed by atoms with E-state index < -0.39 is 16.1 Å². The molecular weight excluding hydrogens is 554 g/mol. The predicted molar refractivity (Wildman–Crippen MR) is 124 cm³/mol. The van der Waals surface area contributed by atoms with Gasteiger partial charge in [0.2, 0.25) is 10.0 Å². The van der Waals surface area contributed by atoms with Gasteiger partial charge in [0.25, 0.3) is 0 Å². The predicted octanol–water partition coefficient (Wildman–Crippen LogP) is 3.16. The molecule has 0 saturated carbocycles. The van der Waals surface area contributed by atoms with Crippen molar-refractivity contribution in [2.75, 3.05) is 20.3 Å². The molecule has 1 saturated heterocycles. The van der Waals surface area contributed by atoms with Crippen LogP contribution in [0.25, 0.3) is 0 Å². The Morgan fingerprint density at radius 2 is 2.03 bits per heavy atom. The normalized spacial score (nSPS) is 18.5. The van der Waals surface area contributed by atoms with Crippen molar-refractivity contribution in [2.24, 2.45) is 0 Å². The van der Waals surface area contributed by atoms with Crippen molar-refractivity contribution in [1.29, 1.82) is 0 Å². The van der Waals surface area contributed by atoms with E-state index in [4.69, 9.17) is 9.47 Å². The highest BCUT2D eigenvalue weighted by atomic mass is 79.9. The Morgan fingerprint density at radius 1 is 1.23 bits per heavy atom. The molecule has 1 heterocycles. The number of ether oxygens (including phenoxy) is 2. The lowest BCUT2D eigenvalue weighted by Gasteiger charge is -2.14. The van der Waals surface area contributed by atoms with Crippen molar-refractivity contribution in [3.05, 3.63) is 57.0 Å². The molecule has 2 aromatic rings. The number of hydrogen-bond donors (Lipinski definition) is 3. The third-order valence-electron chi connectivity index (χ3n) is 4.71. The van der Waals surface area contributed by atoms with E-state index in [1.54, 1.807) is 25.3 Å².